The van der Waals surface area contributed by atoms with Gasteiger partial charge in [0.25, 0.3) is 0 Å². The van der Waals surface area contributed by atoms with E-state index >= 15 is 0 Å². The molecule has 19 heavy (non-hydrogen) atoms. The third-order valence-electron chi connectivity index (χ3n) is 3.12. The second-order valence-corrected chi connectivity index (χ2v) is 6.60. The molecule has 0 aliphatic carbocycles. The van der Waals surface area contributed by atoms with Gasteiger partial charge in [-0.05, 0) is 47.4 Å². The molecule has 0 spiro atoms. The van der Waals surface area contributed by atoms with E-state index in [0.29, 0.717) is 0 Å². The van der Waals surface area contributed by atoms with Gasteiger partial charge in [-0.2, -0.15) is 5.10 Å². The van der Waals surface area contributed by atoms with Gasteiger partial charge in [0.1, 0.15) is 0 Å². The van der Waals surface area contributed by atoms with Crippen molar-refractivity contribution in [2.75, 3.05) is 6.54 Å². The summed E-state index contributed by atoms with van der Waals surface area (Å²) < 4.78 is 3.01. The summed E-state index contributed by atoms with van der Waals surface area (Å²) in [6.07, 6.45) is 4.08. The van der Waals surface area contributed by atoms with Crippen LogP contribution in [0.5, 0.6) is 0 Å². The molecule has 0 saturated heterocycles. The highest BCUT2D eigenvalue weighted by molar-refractivity contribution is 9.10. The van der Waals surface area contributed by atoms with Crippen LogP contribution in [-0.4, -0.2) is 16.3 Å². The molecule has 2 aromatic heterocycles. The van der Waals surface area contributed by atoms with Crippen molar-refractivity contribution in [3.8, 4) is 0 Å². The number of rotatable bonds is 6. The Morgan fingerprint density at radius 1 is 1.42 bits per heavy atom. The fraction of sp³-hybridized carbons (Fsp3) is 0.500. The van der Waals surface area contributed by atoms with Gasteiger partial charge in [-0.25, -0.2) is 0 Å². The summed E-state index contributed by atoms with van der Waals surface area (Å²) in [5.74, 6) is 0. The summed E-state index contributed by atoms with van der Waals surface area (Å²) >= 11 is 5.49. The van der Waals surface area contributed by atoms with Gasteiger partial charge in [0.15, 0.2) is 0 Å². The molecule has 1 atom stereocenters. The van der Waals surface area contributed by atoms with E-state index in [1.165, 1.54) is 15.4 Å². The van der Waals surface area contributed by atoms with E-state index in [1.54, 1.807) is 0 Å². The van der Waals surface area contributed by atoms with Gasteiger partial charge in [-0.15, -0.1) is 11.3 Å². The first-order valence-corrected chi connectivity index (χ1v) is 8.27. The number of hydrogen-bond donors (Lipinski definition) is 1. The lowest BCUT2D eigenvalue weighted by molar-refractivity contribution is 0.558. The van der Waals surface area contributed by atoms with Gasteiger partial charge in [-0.3, -0.25) is 4.68 Å². The number of aryl methyl sites for hydroxylation is 2. The van der Waals surface area contributed by atoms with Crippen molar-refractivity contribution in [2.45, 2.75) is 32.7 Å². The molecular weight excluding hydrogens is 322 g/mol. The van der Waals surface area contributed by atoms with Crippen LogP contribution in [0, 0.1) is 0 Å². The predicted molar refractivity (Wildman–Crippen MR) is 84.7 cm³/mol. The fourth-order valence-corrected chi connectivity index (χ4v) is 3.71. The van der Waals surface area contributed by atoms with Crippen molar-refractivity contribution in [3.05, 3.63) is 38.3 Å². The van der Waals surface area contributed by atoms with Crippen LogP contribution < -0.4 is 5.32 Å². The third-order valence-corrected chi connectivity index (χ3v) is 5.03. The van der Waals surface area contributed by atoms with Crippen molar-refractivity contribution in [1.82, 2.24) is 15.1 Å². The number of nitrogens with zero attached hydrogens (tertiary/aromatic N) is 2. The van der Waals surface area contributed by atoms with E-state index in [1.807, 2.05) is 29.3 Å². The Labute approximate surface area is 127 Å². The van der Waals surface area contributed by atoms with E-state index in [0.717, 1.165) is 23.9 Å². The lowest BCUT2D eigenvalue weighted by Crippen LogP contribution is -2.24. The molecule has 0 fully saturated rings. The molecule has 0 aliphatic rings. The van der Waals surface area contributed by atoms with Crippen molar-refractivity contribution in [2.24, 2.45) is 7.05 Å². The number of hydrogen-bond acceptors (Lipinski definition) is 3. The second kappa shape index (κ2) is 6.68. The SMILES string of the molecule is CCCNC(c1ccc(CC)s1)c1c(Br)cnn1C. The summed E-state index contributed by atoms with van der Waals surface area (Å²) in [7, 11) is 2.00. The molecule has 1 N–H and O–H groups in total. The van der Waals surface area contributed by atoms with Gasteiger partial charge in [0.05, 0.1) is 22.4 Å². The number of aromatic nitrogens is 2. The topological polar surface area (TPSA) is 29.9 Å². The first-order chi connectivity index (χ1) is 9.17. The highest BCUT2D eigenvalue weighted by Crippen LogP contribution is 2.32. The minimum atomic E-state index is 0.215. The molecule has 2 aromatic rings. The van der Waals surface area contributed by atoms with Crippen molar-refractivity contribution >= 4 is 27.3 Å². The van der Waals surface area contributed by atoms with Gasteiger partial charge in [0, 0.05) is 16.8 Å². The van der Waals surface area contributed by atoms with Crippen LogP contribution in [-0.2, 0) is 13.5 Å². The Morgan fingerprint density at radius 2 is 2.21 bits per heavy atom. The molecular formula is C14H20BrN3S. The van der Waals surface area contributed by atoms with Crippen LogP contribution in [0.4, 0.5) is 0 Å². The Morgan fingerprint density at radius 3 is 2.74 bits per heavy atom. The molecule has 0 bridgehead atoms. The van der Waals surface area contributed by atoms with Gasteiger partial charge in [0.2, 0.25) is 0 Å². The highest BCUT2D eigenvalue weighted by Gasteiger charge is 2.21. The molecule has 5 heteroatoms. The summed E-state index contributed by atoms with van der Waals surface area (Å²) in [5.41, 5.74) is 1.19. The number of halogens is 1. The first-order valence-electron chi connectivity index (χ1n) is 6.66. The maximum absolute atomic E-state index is 4.33. The van der Waals surface area contributed by atoms with E-state index in [4.69, 9.17) is 0 Å². The zero-order valence-electron chi connectivity index (χ0n) is 11.6. The maximum Gasteiger partial charge on any atom is 0.0853 e. The van der Waals surface area contributed by atoms with Crippen LogP contribution in [0.3, 0.4) is 0 Å². The molecule has 0 saturated carbocycles. The highest BCUT2D eigenvalue weighted by atomic mass is 79.9. The van der Waals surface area contributed by atoms with Crippen LogP contribution in [0.15, 0.2) is 22.8 Å². The van der Waals surface area contributed by atoms with Crippen LogP contribution in [0.1, 0.15) is 41.8 Å². The fourth-order valence-electron chi connectivity index (χ4n) is 2.11. The van der Waals surface area contributed by atoms with Crippen molar-refractivity contribution < 1.29 is 0 Å². The molecule has 0 aliphatic heterocycles. The molecule has 1 unspecified atom stereocenters. The Hall–Kier alpha value is -0.650. The second-order valence-electron chi connectivity index (χ2n) is 4.55. The Bertz CT molecular complexity index is 513. The minimum Gasteiger partial charge on any atom is -0.304 e. The standard InChI is InChI=1S/C14H20BrN3S/c1-4-8-16-13(12-7-6-10(5-2)19-12)14-11(15)9-17-18(14)3/h6-7,9,13,16H,4-5,8H2,1-3H3. The van der Waals surface area contributed by atoms with Crippen molar-refractivity contribution in [1.29, 1.82) is 0 Å². The zero-order valence-corrected chi connectivity index (χ0v) is 14.0. The number of nitrogens with one attached hydrogen (secondary N) is 1. The largest absolute Gasteiger partial charge is 0.304 e. The summed E-state index contributed by atoms with van der Waals surface area (Å²) in [5, 5.41) is 7.96. The van der Waals surface area contributed by atoms with E-state index in [2.05, 4.69) is 52.3 Å². The predicted octanol–water partition coefficient (Wildman–Crippen LogP) is 3.90. The molecule has 3 nitrogen and oxygen atoms in total. The molecule has 0 amide bonds. The van der Waals surface area contributed by atoms with Gasteiger partial charge >= 0.3 is 0 Å². The molecule has 0 aromatic carbocycles. The van der Waals surface area contributed by atoms with Gasteiger partial charge in [-0.1, -0.05) is 13.8 Å². The van der Waals surface area contributed by atoms with E-state index in [-0.39, 0.29) is 6.04 Å². The third kappa shape index (κ3) is 3.27. The zero-order chi connectivity index (χ0) is 13.8. The average molecular weight is 342 g/mol. The maximum atomic E-state index is 4.33. The molecule has 104 valence electrons. The Balaban J connectivity index is 2.35. The monoisotopic (exact) mass is 341 g/mol. The summed E-state index contributed by atoms with van der Waals surface area (Å²) in [6.45, 7) is 5.39. The van der Waals surface area contributed by atoms with E-state index < -0.39 is 0 Å². The Kier molecular flexibility index (Phi) is 5.19. The quantitative estimate of drug-likeness (QED) is 0.863. The minimum absolute atomic E-state index is 0.215. The molecule has 0 radical (unpaired) electrons. The average Bonchev–Trinajstić information content (AvgIpc) is 3.00. The summed E-state index contributed by atoms with van der Waals surface area (Å²) in [4.78, 5) is 2.78. The smallest absolute Gasteiger partial charge is 0.0853 e. The van der Waals surface area contributed by atoms with Crippen LogP contribution in [0.2, 0.25) is 0 Å². The molecule has 2 rings (SSSR count). The van der Waals surface area contributed by atoms with E-state index in [9.17, 15) is 0 Å². The molecule has 2 heterocycles. The lowest BCUT2D eigenvalue weighted by Gasteiger charge is -2.18. The van der Waals surface area contributed by atoms with Gasteiger partial charge < -0.3 is 5.32 Å². The normalized spacial score (nSPS) is 12.8. The number of thiophene rings is 1. The van der Waals surface area contributed by atoms with Crippen molar-refractivity contribution in [3.63, 3.8) is 0 Å². The van der Waals surface area contributed by atoms with Crippen LogP contribution >= 0.6 is 27.3 Å². The summed E-state index contributed by atoms with van der Waals surface area (Å²) in [6, 6.07) is 4.67. The first kappa shape index (κ1) is 14.8. The lowest BCUT2D eigenvalue weighted by atomic mass is 10.1. The van der Waals surface area contributed by atoms with Crippen LogP contribution in [0.25, 0.3) is 0 Å².